The summed E-state index contributed by atoms with van der Waals surface area (Å²) >= 11 is 0. The largest absolute Gasteiger partial charge is 0.370 e. The summed E-state index contributed by atoms with van der Waals surface area (Å²) in [7, 11) is 0. The Hall–Kier alpha value is -1.55. The molecule has 4 heteroatoms. The zero-order valence-electron chi connectivity index (χ0n) is 8.46. The summed E-state index contributed by atoms with van der Waals surface area (Å²) in [4.78, 5) is 4.16. The summed E-state index contributed by atoms with van der Waals surface area (Å²) in [6.07, 6.45) is 4.81. The lowest BCUT2D eigenvalue weighted by molar-refractivity contribution is 0.540. The molecular formula is C11H14N4. The van der Waals surface area contributed by atoms with Crippen LogP contribution in [0.1, 0.15) is 18.0 Å². The van der Waals surface area contributed by atoms with Crippen LogP contribution in [0.3, 0.4) is 0 Å². The maximum Gasteiger partial charge on any atom is 0.0846 e. The zero-order valence-corrected chi connectivity index (χ0v) is 8.46. The molecule has 4 nitrogen and oxygen atoms in total. The van der Waals surface area contributed by atoms with E-state index in [1.165, 1.54) is 17.0 Å². The van der Waals surface area contributed by atoms with Crippen LogP contribution >= 0.6 is 0 Å². The van der Waals surface area contributed by atoms with E-state index < -0.39 is 0 Å². The molecular weight excluding hydrogens is 188 g/mol. The Bertz CT molecular complexity index is 385. The number of pyridine rings is 1. The van der Waals surface area contributed by atoms with Gasteiger partial charge in [0.2, 0.25) is 0 Å². The van der Waals surface area contributed by atoms with Gasteiger partial charge in [0, 0.05) is 31.1 Å². The van der Waals surface area contributed by atoms with Crippen molar-refractivity contribution in [1.82, 2.24) is 20.9 Å². The van der Waals surface area contributed by atoms with Crippen molar-refractivity contribution in [3.8, 4) is 0 Å². The number of aromatic nitrogens is 1. The molecule has 1 aromatic rings. The predicted molar refractivity (Wildman–Crippen MR) is 57.8 cm³/mol. The molecule has 15 heavy (non-hydrogen) atoms. The van der Waals surface area contributed by atoms with E-state index in [1.807, 2.05) is 18.5 Å². The molecule has 0 spiro atoms. The highest BCUT2D eigenvalue weighted by molar-refractivity contribution is 5.32. The van der Waals surface area contributed by atoms with Gasteiger partial charge in [-0.3, -0.25) is 4.98 Å². The highest BCUT2D eigenvalue weighted by Gasteiger charge is 2.26. The van der Waals surface area contributed by atoms with Crippen molar-refractivity contribution in [2.75, 3.05) is 13.2 Å². The van der Waals surface area contributed by atoms with Gasteiger partial charge in [0.05, 0.1) is 18.4 Å². The van der Waals surface area contributed by atoms with Crippen molar-refractivity contribution >= 4 is 0 Å². The molecule has 2 aliphatic heterocycles. The fourth-order valence-corrected chi connectivity index (χ4v) is 2.22. The lowest BCUT2D eigenvalue weighted by atomic mass is 10.0. The van der Waals surface area contributed by atoms with Gasteiger partial charge in [-0.15, -0.1) is 0 Å². The minimum absolute atomic E-state index is 0.275. The molecule has 0 unspecified atom stereocenters. The van der Waals surface area contributed by atoms with Gasteiger partial charge < -0.3 is 16.0 Å². The van der Waals surface area contributed by atoms with Crippen LogP contribution in [0.2, 0.25) is 0 Å². The van der Waals surface area contributed by atoms with Crippen LogP contribution in [-0.2, 0) is 0 Å². The Labute approximate surface area is 88.8 Å². The average molecular weight is 202 g/mol. The van der Waals surface area contributed by atoms with Crippen molar-refractivity contribution in [2.45, 2.75) is 12.5 Å². The van der Waals surface area contributed by atoms with Gasteiger partial charge in [-0.25, -0.2) is 0 Å². The normalized spacial score (nSPS) is 24.4. The van der Waals surface area contributed by atoms with Crippen molar-refractivity contribution in [2.24, 2.45) is 0 Å². The van der Waals surface area contributed by atoms with Crippen LogP contribution < -0.4 is 16.0 Å². The molecule has 3 rings (SSSR count). The van der Waals surface area contributed by atoms with E-state index in [-0.39, 0.29) is 6.04 Å². The molecule has 0 aliphatic carbocycles. The Morgan fingerprint density at radius 2 is 2.33 bits per heavy atom. The third-order valence-corrected chi connectivity index (χ3v) is 2.94. The summed E-state index contributed by atoms with van der Waals surface area (Å²) in [6.45, 7) is 1.87. The highest BCUT2D eigenvalue weighted by atomic mass is 15.2. The Kier molecular flexibility index (Phi) is 2.07. The number of hydrogen-bond donors (Lipinski definition) is 3. The average Bonchev–Trinajstić information content (AvgIpc) is 2.78. The molecule has 0 aromatic carbocycles. The van der Waals surface area contributed by atoms with Crippen molar-refractivity contribution in [3.63, 3.8) is 0 Å². The molecule has 1 aromatic heterocycles. The quantitative estimate of drug-likeness (QED) is 0.620. The fraction of sp³-hybridized carbons (Fsp3) is 0.364. The first-order valence-corrected chi connectivity index (χ1v) is 5.29. The third-order valence-electron chi connectivity index (χ3n) is 2.94. The summed E-state index contributed by atoms with van der Waals surface area (Å²) in [5, 5.41) is 10.3. The van der Waals surface area contributed by atoms with E-state index in [0.717, 1.165) is 19.6 Å². The van der Waals surface area contributed by atoms with E-state index in [1.54, 1.807) is 0 Å². The van der Waals surface area contributed by atoms with E-state index in [4.69, 9.17) is 0 Å². The lowest BCUT2D eigenvalue weighted by Gasteiger charge is -2.25. The maximum absolute atomic E-state index is 4.16. The number of nitrogens with one attached hydrogen (secondary N) is 3. The molecule has 0 radical (unpaired) electrons. The van der Waals surface area contributed by atoms with Crippen LogP contribution in [0.4, 0.5) is 0 Å². The van der Waals surface area contributed by atoms with Crippen LogP contribution in [-0.4, -0.2) is 18.2 Å². The molecule has 0 bridgehead atoms. The minimum atomic E-state index is 0.275. The third kappa shape index (κ3) is 1.47. The van der Waals surface area contributed by atoms with Crippen molar-refractivity contribution < 1.29 is 0 Å². The van der Waals surface area contributed by atoms with Gasteiger partial charge in [-0.05, 0) is 11.6 Å². The van der Waals surface area contributed by atoms with Crippen LogP contribution in [0, 0.1) is 0 Å². The van der Waals surface area contributed by atoms with Crippen molar-refractivity contribution in [1.29, 1.82) is 0 Å². The number of hydrogen-bond acceptors (Lipinski definition) is 4. The van der Waals surface area contributed by atoms with E-state index in [2.05, 4.69) is 27.0 Å². The highest BCUT2D eigenvalue weighted by Crippen LogP contribution is 2.27. The minimum Gasteiger partial charge on any atom is -0.370 e. The van der Waals surface area contributed by atoms with E-state index in [9.17, 15) is 0 Å². The Balaban J connectivity index is 1.96. The van der Waals surface area contributed by atoms with Crippen molar-refractivity contribution in [3.05, 3.63) is 41.5 Å². The summed E-state index contributed by atoms with van der Waals surface area (Å²) in [5.41, 5.74) is 3.86. The maximum atomic E-state index is 4.16. The number of rotatable bonds is 1. The molecule has 3 heterocycles. The molecule has 3 N–H and O–H groups in total. The first-order chi connectivity index (χ1) is 7.45. The van der Waals surface area contributed by atoms with Crippen LogP contribution in [0.25, 0.3) is 0 Å². The second-order valence-corrected chi connectivity index (χ2v) is 3.85. The van der Waals surface area contributed by atoms with E-state index >= 15 is 0 Å². The standard InChI is InChI=1S/C11H14N4/c1-2-8(6-12-4-1)10-11-9(3-5-13-10)14-7-15-11/h1-2,4,6,10,13-15H,3,5,7H2/t10-/m1/s1. The zero-order chi connectivity index (χ0) is 10.1. The van der Waals surface area contributed by atoms with Crippen LogP contribution in [0.5, 0.6) is 0 Å². The number of nitrogens with zero attached hydrogens (tertiary/aromatic N) is 1. The molecule has 0 amide bonds. The van der Waals surface area contributed by atoms with Gasteiger partial charge >= 0.3 is 0 Å². The van der Waals surface area contributed by atoms with Crippen LogP contribution in [0.15, 0.2) is 35.9 Å². The molecule has 0 saturated heterocycles. The lowest BCUT2D eigenvalue weighted by Crippen LogP contribution is -2.32. The fourth-order valence-electron chi connectivity index (χ4n) is 2.22. The monoisotopic (exact) mass is 202 g/mol. The van der Waals surface area contributed by atoms with E-state index in [0.29, 0.717) is 0 Å². The molecule has 78 valence electrons. The molecule has 0 fully saturated rings. The summed E-state index contributed by atoms with van der Waals surface area (Å²) in [6, 6.07) is 4.37. The SMILES string of the molecule is c1cncc([C@H]2NCCC3=C2NCN3)c1. The van der Waals surface area contributed by atoms with Gasteiger partial charge in [0.25, 0.3) is 0 Å². The predicted octanol–water partition coefficient (Wildman–Crippen LogP) is 0.478. The van der Waals surface area contributed by atoms with Gasteiger partial charge in [-0.1, -0.05) is 6.07 Å². The van der Waals surface area contributed by atoms with Gasteiger partial charge in [-0.2, -0.15) is 0 Å². The summed E-state index contributed by atoms with van der Waals surface area (Å²) < 4.78 is 0. The first kappa shape index (κ1) is 8.73. The molecule has 0 saturated carbocycles. The topological polar surface area (TPSA) is 49.0 Å². The second-order valence-electron chi connectivity index (χ2n) is 3.85. The van der Waals surface area contributed by atoms with Gasteiger partial charge in [0.1, 0.15) is 0 Å². The second kappa shape index (κ2) is 3.55. The summed E-state index contributed by atoms with van der Waals surface area (Å²) in [5.74, 6) is 0. The Morgan fingerprint density at radius 3 is 3.20 bits per heavy atom. The first-order valence-electron chi connectivity index (χ1n) is 5.29. The smallest absolute Gasteiger partial charge is 0.0846 e. The molecule has 2 aliphatic rings. The van der Waals surface area contributed by atoms with Gasteiger partial charge in [0.15, 0.2) is 0 Å². The Morgan fingerprint density at radius 1 is 1.33 bits per heavy atom. The molecule has 1 atom stereocenters.